The second kappa shape index (κ2) is 5.91. The van der Waals surface area contributed by atoms with Crippen molar-refractivity contribution in [3.8, 4) is 17.2 Å². The summed E-state index contributed by atoms with van der Waals surface area (Å²) >= 11 is 1.78. The number of benzene rings is 1. The third kappa shape index (κ3) is 3.04. The molecule has 1 aromatic heterocycles. The molecule has 18 heavy (non-hydrogen) atoms. The van der Waals surface area contributed by atoms with Crippen molar-refractivity contribution in [1.29, 1.82) is 0 Å². The Kier molecular flexibility index (Phi) is 4.25. The number of nitrogens with zero attached hydrogens (tertiary/aromatic N) is 2. The van der Waals surface area contributed by atoms with Crippen LogP contribution in [-0.2, 0) is 5.75 Å². The van der Waals surface area contributed by atoms with E-state index < -0.39 is 0 Å². The Bertz CT molecular complexity index is 511. The van der Waals surface area contributed by atoms with Gasteiger partial charge in [0.15, 0.2) is 0 Å². The van der Waals surface area contributed by atoms with E-state index in [1.165, 1.54) is 0 Å². The first-order valence-corrected chi connectivity index (χ1v) is 6.83. The molecule has 1 heterocycles. The summed E-state index contributed by atoms with van der Waals surface area (Å²) in [5.41, 5.74) is 0.827. The molecule has 0 N–H and O–H groups in total. The van der Waals surface area contributed by atoms with Gasteiger partial charge in [0.1, 0.15) is 5.75 Å². The minimum atomic E-state index is 0.506. The van der Waals surface area contributed by atoms with Crippen LogP contribution in [0.5, 0.6) is 5.75 Å². The fraction of sp³-hybridized carbons (Fsp3) is 0.385. The van der Waals surface area contributed by atoms with Gasteiger partial charge in [0.2, 0.25) is 5.89 Å². The lowest BCUT2D eigenvalue weighted by atomic mass is 10.2. The highest BCUT2D eigenvalue weighted by molar-refractivity contribution is 7.99. The number of hydrogen-bond donors (Lipinski definition) is 0. The Labute approximate surface area is 111 Å². The van der Waals surface area contributed by atoms with Crippen molar-refractivity contribution in [2.24, 2.45) is 0 Å². The van der Waals surface area contributed by atoms with Crippen LogP contribution >= 0.6 is 11.8 Å². The first-order valence-electron chi connectivity index (χ1n) is 5.78. The molecular formula is C13H16N2O2S. The quantitative estimate of drug-likeness (QED) is 0.828. The molecule has 0 bridgehead atoms. The predicted octanol–water partition coefficient (Wildman–Crippen LogP) is 3.39. The maximum Gasteiger partial charge on any atom is 0.251 e. The molecule has 5 heteroatoms. The lowest BCUT2D eigenvalue weighted by Crippen LogP contribution is -1.88. The van der Waals surface area contributed by atoms with Crippen molar-refractivity contribution in [3.63, 3.8) is 0 Å². The number of aromatic nitrogens is 2. The van der Waals surface area contributed by atoms with Crippen molar-refractivity contribution in [2.75, 3.05) is 7.11 Å². The summed E-state index contributed by atoms with van der Waals surface area (Å²) in [6, 6.07) is 7.62. The Morgan fingerprint density at radius 1 is 1.28 bits per heavy atom. The molecule has 2 rings (SSSR count). The first-order chi connectivity index (χ1) is 8.70. The molecule has 0 fully saturated rings. The van der Waals surface area contributed by atoms with E-state index in [-0.39, 0.29) is 0 Å². The number of hydrogen-bond acceptors (Lipinski definition) is 5. The molecule has 0 radical (unpaired) electrons. The third-order valence-corrected chi connectivity index (χ3v) is 3.42. The number of ether oxygens (including phenoxy) is 1. The van der Waals surface area contributed by atoms with E-state index in [0.717, 1.165) is 17.1 Å². The molecule has 0 saturated carbocycles. The second-order valence-corrected chi connectivity index (χ2v) is 5.63. The molecule has 4 nitrogen and oxygen atoms in total. The smallest absolute Gasteiger partial charge is 0.251 e. The SMILES string of the molecule is COc1ccccc1-c1nnc(CSC(C)C)o1. The molecule has 96 valence electrons. The lowest BCUT2D eigenvalue weighted by molar-refractivity contribution is 0.414. The van der Waals surface area contributed by atoms with E-state index in [4.69, 9.17) is 9.15 Å². The molecule has 0 aliphatic heterocycles. The summed E-state index contributed by atoms with van der Waals surface area (Å²) in [4.78, 5) is 0. The van der Waals surface area contributed by atoms with Gasteiger partial charge in [-0.25, -0.2) is 0 Å². The zero-order valence-corrected chi connectivity index (χ0v) is 11.5. The standard InChI is InChI=1S/C13H16N2O2S/c1-9(2)18-8-12-14-15-13(17-12)10-6-4-5-7-11(10)16-3/h4-7,9H,8H2,1-3H3. The Morgan fingerprint density at radius 2 is 2.06 bits per heavy atom. The van der Waals surface area contributed by atoms with Gasteiger partial charge in [-0.1, -0.05) is 26.0 Å². The minimum Gasteiger partial charge on any atom is -0.496 e. The monoisotopic (exact) mass is 264 g/mol. The van der Waals surface area contributed by atoms with Gasteiger partial charge in [0.25, 0.3) is 5.89 Å². The largest absolute Gasteiger partial charge is 0.496 e. The third-order valence-electron chi connectivity index (χ3n) is 2.34. The summed E-state index contributed by atoms with van der Waals surface area (Å²) in [6.45, 7) is 4.28. The lowest BCUT2D eigenvalue weighted by Gasteiger charge is -2.03. The van der Waals surface area contributed by atoms with E-state index >= 15 is 0 Å². The number of para-hydroxylation sites is 1. The number of thioether (sulfide) groups is 1. The summed E-state index contributed by atoms with van der Waals surface area (Å²) in [6.07, 6.45) is 0. The first kappa shape index (κ1) is 13.0. The highest BCUT2D eigenvalue weighted by atomic mass is 32.2. The van der Waals surface area contributed by atoms with Gasteiger partial charge in [0.05, 0.1) is 18.4 Å². The van der Waals surface area contributed by atoms with Crippen molar-refractivity contribution < 1.29 is 9.15 Å². The van der Waals surface area contributed by atoms with Crippen LogP contribution in [0.2, 0.25) is 0 Å². The zero-order chi connectivity index (χ0) is 13.0. The van der Waals surface area contributed by atoms with Gasteiger partial charge in [-0.3, -0.25) is 0 Å². The van der Waals surface area contributed by atoms with E-state index in [1.807, 2.05) is 24.3 Å². The highest BCUT2D eigenvalue weighted by Crippen LogP contribution is 2.29. The van der Waals surface area contributed by atoms with Crippen LogP contribution < -0.4 is 4.74 Å². The van der Waals surface area contributed by atoms with E-state index in [2.05, 4.69) is 24.0 Å². The van der Waals surface area contributed by atoms with Crippen LogP contribution in [-0.4, -0.2) is 22.6 Å². The van der Waals surface area contributed by atoms with Gasteiger partial charge in [-0.15, -0.1) is 22.0 Å². The summed E-state index contributed by atoms with van der Waals surface area (Å²) < 4.78 is 10.9. The zero-order valence-electron chi connectivity index (χ0n) is 10.7. The highest BCUT2D eigenvalue weighted by Gasteiger charge is 2.13. The van der Waals surface area contributed by atoms with Crippen molar-refractivity contribution in [1.82, 2.24) is 10.2 Å². The Morgan fingerprint density at radius 3 is 2.78 bits per heavy atom. The van der Waals surface area contributed by atoms with Gasteiger partial charge in [-0.2, -0.15) is 0 Å². The minimum absolute atomic E-state index is 0.506. The summed E-state index contributed by atoms with van der Waals surface area (Å²) in [7, 11) is 1.63. The van der Waals surface area contributed by atoms with Crippen molar-refractivity contribution in [2.45, 2.75) is 24.9 Å². The van der Waals surface area contributed by atoms with E-state index in [9.17, 15) is 0 Å². The van der Waals surface area contributed by atoms with Crippen LogP contribution in [0.1, 0.15) is 19.7 Å². The molecule has 0 saturated heterocycles. The molecule has 1 aromatic carbocycles. The van der Waals surface area contributed by atoms with Gasteiger partial charge < -0.3 is 9.15 Å². The second-order valence-electron chi connectivity index (χ2n) is 4.06. The van der Waals surface area contributed by atoms with Gasteiger partial charge >= 0.3 is 0 Å². The predicted molar refractivity (Wildman–Crippen MR) is 72.7 cm³/mol. The van der Waals surface area contributed by atoms with Crippen molar-refractivity contribution in [3.05, 3.63) is 30.2 Å². The normalized spacial score (nSPS) is 10.9. The molecular weight excluding hydrogens is 248 g/mol. The molecule has 0 amide bonds. The Balaban J connectivity index is 2.18. The van der Waals surface area contributed by atoms with Crippen LogP contribution in [0.25, 0.3) is 11.5 Å². The van der Waals surface area contributed by atoms with Crippen LogP contribution in [0.3, 0.4) is 0 Å². The number of methoxy groups -OCH3 is 1. The van der Waals surface area contributed by atoms with Gasteiger partial charge in [0, 0.05) is 0 Å². The summed E-state index contributed by atoms with van der Waals surface area (Å²) in [5.74, 6) is 2.63. The molecule has 0 aliphatic carbocycles. The summed E-state index contributed by atoms with van der Waals surface area (Å²) in [5, 5.41) is 8.66. The van der Waals surface area contributed by atoms with Gasteiger partial charge in [-0.05, 0) is 17.4 Å². The van der Waals surface area contributed by atoms with Crippen molar-refractivity contribution >= 4 is 11.8 Å². The van der Waals surface area contributed by atoms with Crippen LogP contribution in [0.4, 0.5) is 0 Å². The average Bonchev–Trinajstić information content (AvgIpc) is 2.85. The molecule has 0 spiro atoms. The molecule has 0 aliphatic rings. The molecule has 2 aromatic rings. The van der Waals surface area contributed by atoms with Crippen LogP contribution in [0.15, 0.2) is 28.7 Å². The van der Waals surface area contributed by atoms with Crippen LogP contribution in [0, 0.1) is 0 Å². The fourth-order valence-electron chi connectivity index (χ4n) is 1.48. The fourth-order valence-corrected chi connectivity index (χ4v) is 2.07. The topological polar surface area (TPSA) is 48.2 Å². The van der Waals surface area contributed by atoms with E-state index in [0.29, 0.717) is 17.0 Å². The Hall–Kier alpha value is -1.49. The van der Waals surface area contributed by atoms with E-state index in [1.54, 1.807) is 18.9 Å². The molecule has 0 unspecified atom stereocenters. The number of rotatable bonds is 5. The maximum absolute atomic E-state index is 5.64. The maximum atomic E-state index is 5.64. The average molecular weight is 264 g/mol. The molecule has 0 atom stereocenters.